The largest absolute Gasteiger partial charge is 0.493 e. The molecule has 0 saturated carbocycles. The maximum atomic E-state index is 14.6. The lowest BCUT2D eigenvalue weighted by molar-refractivity contribution is 0.100. The number of carbonyl (C=O) groups excluding carboxylic acids is 1. The second-order valence-corrected chi connectivity index (χ2v) is 8.51. The predicted molar refractivity (Wildman–Crippen MR) is 102 cm³/mol. The highest BCUT2D eigenvalue weighted by Gasteiger charge is 2.22. The van der Waals surface area contributed by atoms with Crippen LogP contribution in [0.2, 0.25) is 0 Å². The molecule has 2 heterocycles. The molecule has 7 nitrogen and oxygen atoms in total. The van der Waals surface area contributed by atoms with Gasteiger partial charge in [-0.2, -0.15) is 0 Å². The molecule has 2 aromatic carbocycles. The lowest BCUT2D eigenvalue weighted by Gasteiger charge is -2.16. The van der Waals surface area contributed by atoms with Gasteiger partial charge in [0.2, 0.25) is 0 Å². The first-order chi connectivity index (χ1) is 13.3. The average Bonchev–Trinajstić information content (AvgIpc) is 3.10. The van der Waals surface area contributed by atoms with Crippen LogP contribution in [0.1, 0.15) is 15.9 Å². The van der Waals surface area contributed by atoms with Crippen molar-refractivity contribution >= 4 is 38.0 Å². The van der Waals surface area contributed by atoms with Gasteiger partial charge in [-0.25, -0.2) is 12.8 Å². The summed E-state index contributed by atoms with van der Waals surface area (Å²) in [5.74, 6) is -0.864. The second-order valence-electron chi connectivity index (χ2n) is 6.49. The van der Waals surface area contributed by atoms with Crippen LogP contribution in [0.4, 0.5) is 15.8 Å². The van der Waals surface area contributed by atoms with E-state index in [0.717, 1.165) is 17.9 Å². The Labute approximate surface area is 160 Å². The molecule has 1 aromatic heterocycles. The molecule has 0 atom stereocenters. The molecule has 0 radical (unpaired) electrons. The van der Waals surface area contributed by atoms with Crippen molar-refractivity contribution in [2.75, 3.05) is 18.2 Å². The Hall–Kier alpha value is -3.20. The summed E-state index contributed by atoms with van der Waals surface area (Å²) >= 11 is 0. The van der Waals surface area contributed by atoms with E-state index >= 15 is 0 Å². The summed E-state index contributed by atoms with van der Waals surface area (Å²) in [6.45, 7) is 0.528. The molecule has 144 valence electrons. The molecule has 1 aliphatic rings. The fourth-order valence-electron chi connectivity index (χ4n) is 3.24. The molecular weight excluding hydrogens is 385 g/mol. The Bertz CT molecular complexity index is 1240. The van der Waals surface area contributed by atoms with Gasteiger partial charge >= 0.3 is 0 Å². The number of aromatic nitrogens is 1. The smallest absolute Gasteiger partial charge is 0.252 e. The van der Waals surface area contributed by atoms with Gasteiger partial charge in [0.15, 0.2) is 15.7 Å². The summed E-state index contributed by atoms with van der Waals surface area (Å²) < 4.78 is 44.0. The SMILES string of the molecule is CS(=O)(=O)c1cc(F)c2ncc(C(N)=O)c(Nc3cccc4c3CCO4)c2c1. The summed E-state index contributed by atoms with van der Waals surface area (Å²) in [6, 6.07) is 7.60. The monoisotopic (exact) mass is 401 g/mol. The molecule has 0 saturated heterocycles. The molecule has 0 aliphatic carbocycles. The van der Waals surface area contributed by atoms with Crippen LogP contribution in [-0.4, -0.2) is 32.2 Å². The first-order valence-electron chi connectivity index (χ1n) is 8.39. The number of carbonyl (C=O) groups is 1. The number of hydrogen-bond donors (Lipinski definition) is 2. The van der Waals surface area contributed by atoms with Crippen LogP contribution in [-0.2, 0) is 16.3 Å². The number of rotatable bonds is 4. The van der Waals surface area contributed by atoms with Crippen molar-refractivity contribution in [1.29, 1.82) is 0 Å². The lowest BCUT2D eigenvalue weighted by atomic mass is 10.1. The number of fused-ring (bicyclic) bond motifs is 2. The molecule has 9 heteroatoms. The summed E-state index contributed by atoms with van der Waals surface area (Å²) in [5, 5.41) is 3.27. The molecular formula is C19H16FN3O4S. The van der Waals surface area contributed by atoms with Gasteiger partial charge in [0, 0.05) is 35.5 Å². The molecule has 0 unspecified atom stereocenters. The molecule has 3 aromatic rings. The maximum absolute atomic E-state index is 14.6. The quantitative estimate of drug-likeness (QED) is 0.695. The van der Waals surface area contributed by atoms with Crippen molar-refractivity contribution in [3.05, 3.63) is 53.5 Å². The van der Waals surface area contributed by atoms with Crippen LogP contribution in [0, 0.1) is 5.82 Å². The summed E-state index contributed by atoms with van der Waals surface area (Å²) in [4.78, 5) is 15.7. The third-order valence-corrected chi connectivity index (χ3v) is 5.69. The number of amides is 1. The molecule has 1 aliphatic heterocycles. The molecule has 0 bridgehead atoms. The van der Waals surface area contributed by atoms with E-state index in [-0.39, 0.29) is 27.0 Å². The molecule has 28 heavy (non-hydrogen) atoms. The topological polar surface area (TPSA) is 111 Å². The normalized spacial score (nSPS) is 13.2. The molecule has 1 amide bonds. The van der Waals surface area contributed by atoms with Gasteiger partial charge in [0.1, 0.15) is 11.3 Å². The number of nitrogens with zero attached hydrogens (tertiary/aromatic N) is 1. The van der Waals surface area contributed by atoms with E-state index in [0.29, 0.717) is 24.5 Å². The van der Waals surface area contributed by atoms with Gasteiger partial charge < -0.3 is 15.8 Å². The van der Waals surface area contributed by atoms with Crippen LogP contribution in [0.15, 0.2) is 41.4 Å². The van der Waals surface area contributed by atoms with E-state index < -0.39 is 21.6 Å². The second kappa shape index (κ2) is 6.45. The minimum absolute atomic E-state index is 0.0223. The zero-order valence-electron chi connectivity index (χ0n) is 14.8. The number of hydrogen-bond acceptors (Lipinski definition) is 6. The van der Waals surface area contributed by atoms with Crippen molar-refractivity contribution in [1.82, 2.24) is 4.98 Å². The van der Waals surface area contributed by atoms with Gasteiger partial charge in [0.05, 0.1) is 22.8 Å². The Balaban J connectivity index is 2.00. The van der Waals surface area contributed by atoms with Crippen LogP contribution in [0.25, 0.3) is 10.9 Å². The Morgan fingerprint density at radius 2 is 2.11 bits per heavy atom. The van der Waals surface area contributed by atoms with Crippen molar-refractivity contribution in [3.8, 4) is 5.75 Å². The van der Waals surface area contributed by atoms with Crippen molar-refractivity contribution in [2.45, 2.75) is 11.3 Å². The molecule has 0 spiro atoms. The van der Waals surface area contributed by atoms with Gasteiger partial charge in [-0.1, -0.05) is 6.07 Å². The first-order valence-corrected chi connectivity index (χ1v) is 10.3. The van der Waals surface area contributed by atoms with E-state index in [2.05, 4.69) is 10.3 Å². The van der Waals surface area contributed by atoms with Gasteiger partial charge in [-0.05, 0) is 24.3 Å². The van der Waals surface area contributed by atoms with Crippen LogP contribution in [0.5, 0.6) is 5.75 Å². The zero-order chi connectivity index (χ0) is 20.1. The third kappa shape index (κ3) is 3.03. The standard InChI is InChI=1S/C19H16FN3O4S/c1-28(25,26)10-7-12-17(13(19(21)24)9-22-18(12)14(20)8-10)23-15-3-2-4-16-11(15)5-6-27-16/h2-4,7-9H,5-6H2,1H3,(H2,21,24)(H,22,23). The Morgan fingerprint density at radius 1 is 1.32 bits per heavy atom. The Kier molecular flexibility index (Phi) is 4.19. The summed E-state index contributed by atoms with van der Waals surface area (Å²) in [6.07, 6.45) is 2.82. The number of pyridine rings is 1. The average molecular weight is 401 g/mol. The van der Waals surface area contributed by atoms with Crippen molar-refractivity contribution in [3.63, 3.8) is 0 Å². The highest BCUT2D eigenvalue weighted by Crippen LogP contribution is 2.37. The number of ether oxygens (including phenoxy) is 1. The van der Waals surface area contributed by atoms with E-state index in [1.54, 1.807) is 12.1 Å². The van der Waals surface area contributed by atoms with Crippen molar-refractivity contribution in [2.24, 2.45) is 5.73 Å². The molecule has 4 rings (SSSR count). The van der Waals surface area contributed by atoms with E-state index in [4.69, 9.17) is 10.5 Å². The highest BCUT2D eigenvalue weighted by atomic mass is 32.2. The number of nitrogens with one attached hydrogen (secondary N) is 1. The van der Waals surface area contributed by atoms with E-state index in [1.807, 2.05) is 6.07 Å². The third-order valence-electron chi connectivity index (χ3n) is 4.59. The maximum Gasteiger partial charge on any atom is 0.252 e. The number of primary amides is 1. The lowest BCUT2D eigenvalue weighted by Crippen LogP contribution is -2.15. The Morgan fingerprint density at radius 3 is 2.82 bits per heavy atom. The van der Waals surface area contributed by atoms with Crippen molar-refractivity contribution < 1.29 is 22.3 Å². The minimum atomic E-state index is -3.68. The number of nitrogens with two attached hydrogens (primary N) is 1. The number of anilines is 2. The van der Waals surface area contributed by atoms with Crippen LogP contribution < -0.4 is 15.8 Å². The highest BCUT2D eigenvalue weighted by molar-refractivity contribution is 7.90. The van der Waals surface area contributed by atoms with Crippen LogP contribution >= 0.6 is 0 Å². The summed E-state index contributed by atoms with van der Waals surface area (Å²) in [7, 11) is -3.68. The number of halogens is 1. The number of benzene rings is 2. The van der Waals surface area contributed by atoms with Gasteiger partial charge in [-0.3, -0.25) is 9.78 Å². The van der Waals surface area contributed by atoms with E-state index in [9.17, 15) is 17.6 Å². The molecule has 0 fully saturated rings. The minimum Gasteiger partial charge on any atom is -0.493 e. The molecule has 3 N–H and O–H groups in total. The fourth-order valence-corrected chi connectivity index (χ4v) is 3.89. The van der Waals surface area contributed by atoms with Gasteiger partial charge in [0.25, 0.3) is 5.91 Å². The van der Waals surface area contributed by atoms with Crippen LogP contribution in [0.3, 0.4) is 0 Å². The van der Waals surface area contributed by atoms with Gasteiger partial charge in [-0.15, -0.1) is 0 Å². The summed E-state index contributed by atoms with van der Waals surface area (Å²) in [5.41, 5.74) is 7.20. The first kappa shape index (κ1) is 18.2. The zero-order valence-corrected chi connectivity index (χ0v) is 15.6. The fraction of sp³-hybridized carbons (Fsp3) is 0.158. The predicted octanol–water partition coefficient (Wildman–Crippen LogP) is 2.55. The number of sulfone groups is 1. The van der Waals surface area contributed by atoms with E-state index in [1.165, 1.54) is 12.3 Å².